The van der Waals surface area contributed by atoms with Crippen molar-refractivity contribution in [2.75, 3.05) is 0 Å². The molecule has 0 saturated heterocycles. The van der Waals surface area contributed by atoms with Gasteiger partial charge in [-0.3, -0.25) is 9.78 Å². The Balaban J connectivity index is 0.00000157. The molecule has 7 heteroatoms. The maximum atomic E-state index is 13.4. The quantitative estimate of drug-likeness (QED) is 0.276. The highest BCUT2D eigenvalue weighted by Crippen LogP contribution is 2.29. The number of nitrogens with one attached hydrogen (secondary N) is 1. The topological polar surface area (TPSA) is 56.1 Å². The fourth-order valence-corrected chi connectivity index (χ4v) is 3.71. The normalized spacial score (nSPS) is 10.4. The number of amides is 1. The van der Waals surface area contributed by atoms with Crippen LogP contribution in [0.4, 0.5) is 8.78 Å². The summed E-state index contributed by atoms with van der Waals surface area (Å²) in [6.07, 6.45) is 6.81. The van der Waals surface area contributed by atoms with Gasteiger partial charge in [-0.05, 0) is 55.3 Å². The lowest BCUT2D eigenvalue weighted by Gasteiger charge is -2.13. The van der Waals surface area contributed by atoms with Crippen molar-refractivity contribution in [3.8, 4) is 22.8 Å². The molecule has 2 aromatic heterocycles. The second-order valence-electron chi connectivity index (χ2n) is 8.01. The van der Waals surface area contributed by atoms with Gasteiger partial charge >= 0.3 is 0 Å². The van der Waals surface area contributed by atoms with Crippen molar-refractivity contribution in [2.45, 2.75) is 47.2 Å². The molecular formula is C29H33F2N3O2. The van der Waals surface area contributed by atoms with Crippen molar-refractivity contribution in [2.24, 2.45) is 0 Å². The molecule has 0 saturated carbocycles. The van der Waals surface area contributed by atoms with Gasteiger partial charge in [0.1, 0.15) is 23.1 Å². The number of aryl methyl sites for hydroxylation is 1. The van der Waals surface area contributed by atoms with Crippen LogP contribution in [0.3, 0.4) is 0 Å². The number of ether oxygens (including phenoxy) is 1. The van der Waals surface area contributed by atoms with E-state index in [0.29, 0.717) is 28.2 Å². The molecule has 2 heterocycles. The smallest absolute Gasteiger partial charge is 0.251 e. The lowest BCUT2D eigenvalue weighted by atomic mass is 10.1. The highest BCUT2D eigenvalue weighted by Gasteiger charge is 2.14. The molecular weight excluding hydrogens is 460 g/mol. The Morgan fingerprint density at radius 3 is 2.56 bits per heavy atom. The first-order chi connectivity index (χ1) is 17.4. The fourth-order valence-electron chi connectivity index (χ4n) is 3.71. The Hall–Kier alpha value is -4.00. The summed E-state index contributed by atoms with van der Waals surface area (Å²) < 4.78 is 35.0. The number of rotatable bonds is 8. The van der Waals surface area contributed by atoms with E-state index in [9.17, 15) is 13.6 Å². The average Bonchev–Trinajstić information content (AvgIpc) is 3.34. The largest absolute Gasteiger partial charge is 0.457 e. The molecule has 36 heavy (non-hydrogen) atoms. The minimum Gasteiger partial charge on any atom is -0.457 e. The van der Waals surface area contributed by atoms with E-state index in [0.717, 1.165) is 30.3 Å². The Kier molecular flexibility index (Phi) is 9.33. The number of hydrogen-bond acceptors (Lipinski definition) is 3. The number of carbonyl (C=O) groups excluding carboxylic acids is 1. The molecule has 0 spiro atoms. The van der Waals surface area contributed by atoms with Crippen LogP contribution in [0.2, 0.25) is 0 Å². The van der Waals surface area contributed by atoms with Crippen LogP contribution in [0.15, 0.2) is 73.2 Å². The number of benzene rings is 2. The Bertz CT molecular complexity index is 1300. The standard InChI is InChI=1S/C27H25F2N3O2.C2H6.H2/c1-3-10-32-11-8-20(17-32)25-15-23(7-9-30-25)34-26-6-4-5-24(18(26)2)27(33)31-16-19-12-21(28)14-22(29)13-19;1-2;/h4-9,11-15,17H,3,10,16H2,1-2H3,(H,31,33);1-2H3;1H. The maximum Gasteiger partial charge on any atom is 0.251 e. The minimum absolute atomic E-state index is 0. The van der Waals surface area contributed by atoms with E-state index in [-0.39, 0.29) is 13.9 Å². The number of halogens is 2. The predicted molar refractivity (Wildman–Crippen MR) is 140 cm³/mol. The third-order valence-electron chi connectivity index (χ3n) is 5.39. The van der Waals surface area contributed by atoms with E-state index < -0.39 is 11.6 Å². The van der Waals surface area contributed by atoms with Crippen LogP contribution >= 0.6 is 0 Å². The zero-order chi connectivity index (χ0) is 26.1. The van der Waals surface area contributed by atoms with E-state index in [2.05, 4.69) is 28.0 Å². The second-order valence-corrected chi connectivity index (χ2v) is 8.01. The van der Waals surface area contributed by atoms with Gasteiger partial charge in [-0.1, -0.05) is 26.8 Å². The van der Waals surface area contributed by atoms with Crippen molar-refractivity contribution in [3.05, 3.63) is 102 Å². The molecule has 0 aliphatic rings. The summed E-state index contributed by atoms with van der Waals surface area (Å²) >= 11 is 0. The van der Waals surface area contributed by atoms with Crippen molar-refractivity contribution in [3.63, 3.8) is 0 Å². The second kappa shape index (κ2) is 12.6. The first-order valence-electron chi connectivity index (χ1n) is 12.1. The van der Waals surface area contributed by atoms with E-state index >= 15 is 0 Å². The predicted octanol–water partition coefficient (Wildman–Crippen LogP) is 7.54. The molecule has 4 aromatic rings. The number of nitrogens with zero attached hydrogens (tertiary/aromatic N) is 2. The number of carbonyl (C=O) groups is 1. The minimum atomic E-state index is -0.686. The molecule has 0 fully saturated rings. The first-order valence-corrected chi connectivity index (χ1v) is 12.1. The molecule has 0 bridgehead atoms. The van der Waals surface area contributed by atoms with Gasteiger partial charge in [0, 0.05) is 61.9 Å². The lowest BCUT2D eigenvalue weighted by Crippen LogP contribution is -2.23. The summed E-state index contributed by atoms with van der Waals surface area (Å²) in [7, 11) is 0. The third-order valence-corrected chi connectivity index (χ3v) is 5.39. The number of aromatic nitrogens is 2. The van der Waals surface area contributed by atoms with E-state index in [1.807, 2.05) is 32.2 Å². The van der Waals surface area contributed by atoms with Gasteiger partial charge in [0.25, 0.3) is 5.91 Å². The van der Waals surface area contributed by atoms with Crippen LogP contribution in [0.1, 0.15) is 50.1 Å². The number of hydrogen-bond donors (Lipinski definition) is 1. The molecule has 2 aromatic carbocycles. The monoisotopic (exact) mass is 493 g/mol. The summed E-state index contributed by atoms with van der Waals surface area (Å²) in [5, 5.41) is 2.70. The third kappa shape index (κ3) is 6.78. The zero-order valence-electron chi connectivity index (χ0n) is 21.0. The molecule has 0 radical (unpaired) electrons. The van der Waals surface area contributed by atoms with E-state index in [1.54, 1.807) is 37.4 Å². The van der Waals surface area contributed by atoms with Crippen molar-refractivity contribution >= 4 is 5.91 Å². The molecule has 0 atom stereocenters. The molecule has 0 unspecified atom stereocenters. The SMILES string of the molecule is CC.CCCn1ccc(-c2cc(Oc3cccc(C(=O)NCc4cc(F)cc(F)c4)c3C)ccn2)c1.[HH]. The summed E-state index contributed by atoms with van der Waals surface area (Å²) in [5.74, 6) is -0.599. The van der Waals surface area contributed by atoms with Crippen LogP contribution < -0.4 is 10.1 Å². The fraction of sp³-hybridized carbons (Fsp3) is 0.241. The molecule has 5 nitrogen and oxygen atoms in total. The van der Waals surface area contributed by atoms with Crippen molar-refractivity contribution in [1.82, 2.24) is 14.9 Å². The van der Waals surface area contributed by atoms with Gasteiger partial charge in [0.15, 0.2) is 0 Å². The Labute approximate surface area is 212 Å². The maximum absolute atomic E-state index is 13.4. The summed E-state index contributed by atoms with van der Waals surface area (Å²) in [6.45, 7) is 8.87. The van der Waals surface area contributed by atoms with Gasteiger partial charge in [-0.15, -0.1) is 0 Å². The Morgan fingerprint density at radius 2 is 1.83 bits per heavy atom. The molecule has 190 valence electrons. The highest BCUT2D eigenvalue weighted by atomic mass is 19.1. The summed E-state index contributed by atoms with van der Waals surface area (Å²) in [4.78, 5) is 17.2. The summed E-state index contributed by atoms with van der Waals surface area (Å²) in [6, 6.07) is 14.0. The highest BCUT2D eigenvalue weighted by molar-refractivity contribution is 5.96. The van der Waals surface area contributed by atoms with Crippen LogP contribution in [-0.2, 0) is 13.1 Å². The van der Waals surface area contributed by atoms with Crippen molar-refractivity contribution in [1.29, 1.82) is 0 Å². The van der Waals surface area contributed by atoms with Crippen LogP contribution in [-0.4, -0.2) is 15.5 Å². The molecule has 1 amide bonds. The van der Waals surface area contributed by atoms with Gasteiger partial charge in [-0.2, -0.15) is 0 Å². The van der Waals surface area contributed by atoms with E-state index in [4.69, 9.17) is 4.74 Å². The molecule has 1 N–H and O–H groups in total. The first kappa shape index (κ1) is 26.6. The zero-order valence-corrected chi connectivity index (χ0v) is 21.0. The van der Waals surface area contributed by atoms with Crippen LogP contribution in [0.25, 0.3) is 11.3 Å². The lowest BCUT2D eigenvalue weighted by molar-refractivity contribution is 0.0950. The van der Waals surface area contributed by atoms with Crippen LogP contribution in [0, 0.1) is 18.6 Å². The van der Waals surface area contributed by atoms with Crippen LogP contribution in [0.5, 0.6) is 11.5 Å². The summed E-state index contributed by atoms with van der Waals surface area (Å²) in [5.41, 5.74) is 3.20. The van der Waals surface area contributed by atoms with Gasteiger partial charge in [0.05, 0.1) is 5.69 Å². The van der Waals surface area contributed by atoms with E-state index in [1.165, 1.54) is 12.1 Å². The molecule has 4 rings (SSSR count). The molecule has 0 aliphatic heterocycles. The molecule has 0 aliphatic carbocycles. The van der Waals surface area contributed by atoms with Gasteiger partial charge in [0.2, 0.25) is 0 Å². The van der Waals surface area contributed by atoms with Gasteiger partial charge < -0.3 is 14.6 Å². The van der Waals surface area contributed by atoms with Gasteiger partial charge in [-0.25, -0.2) is 8.78 Å². The van der Waals surface area contributed by atoms with Crippen molar-refractivity contribution < 1.29 is 19.7 Å². The average molecular weight is 494 g/mol. The Morgan fingerprint density at radius 1 is 1.08 bits per heavy atom. The number of pyridine rings is 1.